The topological polar surface area (TPSA) is 119 Å². The molecule has 0 atom stereocenters. The molecule has 7 nitrogen and oxygen atoms in total. The highest BCUT2D eigenvalue weighted by molar-refractivity contribution is 6.28. The Balaban J connectivity index is 3.76. The molecule has 0 aromatic heterocycles. The number of halogens is 4. The van der Waals surface area contributed by atoms with Crippen LogP contribution in [-0.4, -0.2) is 27.7 Å². The lowest BCUT2D eigenvalue weighted by molar-refractivity contribution is -0.384. The third kappa shape index (κ3) is 3.81. The minimum Gasteiger partial charge on any atom is -0.478 e. The maximum absolute atomic E-state index is 12.6. The highest BCUT2D eigenvalue weighted by atomic mass is 35.5. The molecule has 0 bridgehead atoms. The van der Waals surface area contributed by atoms with Crippen molar-refractivity contribution in [2.75, 3.05) is 5.88 Å². The van der Waals surface area contributed by atoms with Gasteiger partial charge in [-0.15, -0.1) is 11.6 Å². The lowest BCUT2D eigenvalue weighted by Gasteiger charge is -2.10. The van der Waals surface area contributed by atoms with Crippen molar-refractivity contribution in [3.63, 3.8) is 0 Å². The standard InChI is InChI=1S/C10H7ClF3N3O4/c11-3-7(15)16-8-5(9(18)19)1-4(10(12,13)14)2-6(8)17(20)21/h1-2H,3H2,(H2,15,16)(H,18,19). The van der Waals surface area contributed by atoms with Crippen LogP contribution in [-0.2, 0) is 6.18 Å². The Hall–Kier alpha value is -2.36. The van der Waals surface area contributed by atoms with Gasteiger partial charge in [0.2, 0.25) is 0 Å². The molecule has 0 unspecified atom stereocenters. The number of nitro benzene ring substituents is 1. The minimum atomic E-state index is -4.95. The molecular weight excluding hydrogens is 319 g/mol. The molecule has 0 saturated heterocycles. The number of aromatic carboxylic acids is 1. The molecule has 0 spiro atoms. The predicted octanol–water partition coefficient (Wildman–Crippen LogP) is 2.54. The maximum Gasteiger partial charge on any atom is 0.416 e. The summed E-state index contributed by atoms with van der Waals surface area (Å²) in [5, 5.41) is 19.8. The number of carboxylic acids is 1. The lowest BCUT2D eigenvalue weighted by atomic mass is 10.1. The van der Waals surface area contributed by atoms with E-state index in [1.54, 1.807) is 0 Å². The Labute approximate surface area is 120 Å². The van der Waals surface area contributed by atoms with Gasteiger partial charge in [-0.25, -0.2) is 9.79 Å². The van der Waals surface area contributed by atoms with E-state index in [9.17, 15) is 28.1 Å². The number of benzene rings is 1. The van der Waals surface area contributed by atoms with E-state index in [1.165, 1.54) is 0 Å². The highest BCUT2D eigenvalue weighted by Gasteiger charge is 2.36. The van der Waals surface area contributed by atoms with Crippen LogP contribution in [0.15, 0.2) is 17.1 Å². The number of aliphatic imine (C=N–C) groups is 1. The molecule has 0 radical (unpaired) electrons. The molecule has 0 heterocycles. The van der Waals surface area contributed by atoms with Gasteiger partial charge in [0, 0.05) is 6.07 Å². The van der Waals surface area contributed by atoms with E-state index in [0.29, 0.717) is 0 Å². The van der Waals surface area contributed by atoms with E-state index in [0.717, 1.165) is 0 Å². The van der Waals surface area contributed by atoms with Crippen molar-refractivity contribution in [3.8, 4) is 0 Å². The van der Waals surface area contributed by atoms with Gasteiger partial charge in [-0.1, -0.05) is 0 Å². The van der Waals surface area contributed by atoms with Crippen molar-refractivity contribution >= 4 is 34.8 Å². The number of rotatable bonds is 4. The molecule has 3 N–H and O–H groups in total. The van der Waals surface area contributed by atoms with Crippen LogP contribution in [0.25, 0.3) is 0 Å². The predicted molar refractivity (Wildman–Crippen MR) is 67.1 cm³/mol. The summed E-state index contributed by atoms with van der Waals surface area (Å²) in [6, 6.07) is 0.433. The molecule has 114 valence electrons. The highest BCUT2D eigenvalue weighted by Crippen LogP contribution is 2.39. The number of nitrogens with two attached hydrogens (primary N) is 1. The van der Waals surface area contributed by atoms with Gasteiger partial charge >= 0.3 is 12.1 Å². The molecule has 1 aromatic carbocycles. The number of amidine groups is 1. The van der Waals surface area contributed by atoms with Crippen LogP contribution in [0.2, 0.25) is 0 Å². The van der Waals surface area contributed by atoms with E-state index in [-0.39, 0.29) is 23.8 Å². The molecular formula is C10H7ClF3N3O4. The van der Waals surface area contributed by atoms with Gasteiger partial charge in [0.25, 0.3) is 5.69 Å². The first-order valence-corrected chi connectivity index (χ1v) is 5.63. The van der Waals surface area contributed by atoms with Crippen molar-refractivity contribution in [3.05, 3.63) is 33.4 Å². The first kappa shape index (κ1) is 16.7. The summed E-state index contributed by atoms with van der Waals surface area (Å²) in [7, 11) is 0. The summed E-state index contributed by atoms with van der Waals surface area (Å²) in [5.41, 5.74) is 0.852. The van der Waals surface area contributed by atoms with E-state index >= 15 is 0 Å². The van der Waals surface area contributed by atoms with Crippen molar-refractivity contribution in [2.24, 2.45) is 10.7 Å². The summed E-state index contributed by atoms with van der Waals surface area (Å²) < 4.78 is 37.9. The Morgan fingerprint density at radius 1 is 1.48 bits per heavy atom. The molecule has 0 aliphatic rings. The Morgan fingerprint density at radius 3 is 2.43 bits per heavy atom. The number of hydrogen-bond donors (Lipinski definition) is 2. The zero-order valence-corrected chi connectivity index (χ0v) is 10.8. The lowest BCUT2D eigenvalue weighted by Crippen LogP contribution is -2.14. The summed E-state index contributed by atoms with van der Waals surface area (Å²) in [5.74, 6) is -2.57. The van der Waals surface area contributed by atoms with Crippen LogP contribution >= 0.6 is 11.6 Å². The third-order valence-corrected chi connectivity index (χ3v) is 2.51. The molecule has 0 aliphatic heterocycles. The fourth-order valence-electron chi connectivity index (χ4n) is 1.38. The van der Waals surface area contributed by atoms with E-state index in [4.69, 9.17) is 22.4 Å². The van der Waals surface area contributed by atoms with Crippen molar-refractivity contribution < 1.29 is 28.0 Å². The van der Waals surface area contributed by atoms with Gasteiger partial charge in [0.15, 0.2) is 5.69 Å². The number of carbonyl (C=O) groups is 1. The summed E-state index contributed by atoms with van der Waals surface area (Å²) in [6.45, 7) is 0. The molecule has 0 saturated carbocycles. The van der Waals surface area contributed by atoms with Gasteiger partial charge < -0.3 is 10.8 Å². The fraction of sp³-hybridized carbons (Fsp3) is 0.200. The molecule has 21 heavy (non-hydrogen) atoms. The number of alkyl halides is 4. The second-order valence-electron chi connectivity index (χ2n) is 3.69. The first-order chi connectivity index (χ1) is 9.57. The number of hydrogen-bond acceptors (Lipinski definition) is 4. The average Bonchev–Trinajstić information content (AvgIpc) is 2.36. The second kappa shape index (κ2) is 5.95. The number of carboxylic acid groups (broad SMARTS) is 1. The Kier molecular flexibility index (Phi) is 4.73. The van der Waals surface area contributed by atoms with E-state index < -0.39 is 39.6 Å². The minimum absolute atomic E-state index is 0.187. The van der Waals surface area contributed by atoms with Gasteiger partial charge in [-0.3, -0.25) is 10.1 Å². The van der Waals surface area contributed by atoms with Crippen LogP contribution in [0.5, 0.6) is 0 Å². The zero-order valence-electron chi connectivity index (χ0n) is 10.0. The molecule has 0 aliphatic carbocycles. The third-order valence-electron chi connectivity index (χ3n) is 2.24. The van der Waals surface area contributed by atoms with Crippen LogP contribution in [0.4, 0.5) is 24.5 Å². The largest absolute Gasteiger partial charge is 0.478 e. The first-order valence-electron chi connectivity index (χ1n) is 5.09. The normalized spacial score (nSPS) is 12.3. The molecule has 1 aromatic rings. The molecule has 0 amide bonds. The SMILES string of the molecule is NC(CCl)=Nc1c(C(=O)O)cc(C(F)(F)F)cc1[N+](=O)[O-]. The van der Waals surface area contributed by atoms with E-state index in [1.807, 2.05) is 0 Å². The molecule has 0 fully saturated rings. The van der Waals surface area contributed by atoms with Gasteiger partial charge in [0.1, 0.15) is 5.84 Å². The quantitative estimate of drug-likeness (QED) is 0.290. The summed E-state index contributed by atoms with van der Waals surface area (Å²) >= 11 is 5.32. The smallest absolute Gasteiger partial charge is 0.416 e. The van der Waals surface area contributed by atoms with Crippen molar-refractivity contribution in [1.29, 1.82) is 0 Å². The summed E-state index contributed by atoms with van der Waals surface area (Å²) in [4.78, 5) is 24.1. The fourth-order valence-corrected chi connectivity index (χ4v) is 1.44. The van der Waals surface area contributed by atoms with Gasteiger partial charge in [0.05, 0.1) is 21.9 Å². The zero-order chi connectivity index (χ0) is 16.4. The van der Waals surface area contributed by atoms with Crippen LogP contribution < -0.4 is 5.73 Å². The van der Waals surface area contributed by atoms with Crippen molar-refractivity contribution in [2.45, 2.75) is 6.18 Å². The number of nitro groups is 1. The van der Waals surface area contributed by atoms with Crippen LogP contribution in [0, 0.1) is 10.1 Å². The molecule has 1 rings (SSSR count). The Morgan fingerprint density at radius 2 is 2.05 bits per heavy atom. The van der Waals surface area contributed by atoms with E-state index in [2.05, 4.69) is 4.99 Å². The number of nitrogens with zero attached hydrogens (tertiary/aromatic N) is 2. The average molecular weight is 326 g/mol. The summed E-state index contributed by atoms with van der Waals surface area (Å²) in [6.07, 6.45) is -4.95. The van der Waals surface area contributed by atoms with Crippen LogP contribution in [0.3, 0.4) is 0 Å². The van der Waals surface area contributed by atoms with Gasteiger partial charge in [-0.2, -0.15) is 13.2 Å². The van der Waals surface area contributed by atoms with Crippen LogP contribution in [0.1, 0.15) is 15.9 Å². The monoisotopic (exact) mass is 325 g/mol. The maximum atomic E-state index is 12.6. The Bertz CT molecular complexity index is 595. The molecule has 11 heteroatoms. The van der Waals surface area contributed by atoms with Gasteiger partial charge in [-0.05, 0) is 6.07 Å². The second-order valence-corrected chi connectivity index (χ2v) is 3.96. The van der Waals surface area contributed by atoms with Crippen molar-refractivity contribution in [1.82, 2.24) is 0 Å².